The van der Waals surface area contributed by atoms with Gasteiger partial charge in [0.15, 0.2) is 0 Å². The Hall–Kier alpha value is -0.893. The largest absolute Gasteiger partial charge is 0.263 e. The van der Waals surface area contributed by atoms with E-state index in [0.717, 1.165) is 9.52 Å². The van der Waals surface area contributed by atoms with Gasteiger partial charge < -0.3 is 0 Å². The number of aryl methyl sites for hydroxylation is 1. The van der Waals surface area contributed by atoms with Crippen LogP contribution in [0.1, 0.15) is 12.5 Å². The van der Waals surface area contributed by atoms with E-state index in [4.69, 9.17) is 0 Å². The van der Waals surface area contributed by atoms with Crippen LogP contribution in [0.25, 0.3) is 0 Å². The number of aliphatic imine (C=N–C) groups is 1. The van der Waals surface area contributed by atoms with Crippen molar-refractivity contribution >= 4 is 25.7 Å². The van der Waals surface area contributed by atoms with Crippen LogP contribution in [0.5, 0.6) is 0 Å². The second kappa shape index (κ2) is 2.31. The molecule has 0 aromatic heterocycles. The van der Waals surface area contributed by atoms with Crippen molar-refractivity contribution in [3.63, 3.8) is 0 Å². The molecule has 1 aliphatic rings. The Kier molecular flexibility index (Phi) is 1.43. The minimum absolute atomic E-state index is 0.800. The molecule has 0 saturated heterocycles. The monoisotopic (exact) mass is 159 g/mol. The van der Waals surface area contributed by atoms with Gasteiger partial charge in [0.2, 0.25) is 0 Å². The lowest BCUT2D eigenvalue weighted by molar-refractivity contribution is 1.45. The number of benzene rings is 1. The van der Waals surface area contributed by atoms with Crippen LogP contribution in [0, 0.1) is 6.92 Å². The summed E-state index contributed by atoms with van der Waals surface area (Å²) in [6.45, 7) is 4.19. The SMILES string of the molecule is CC1=Nc2cc(C)ccc2[Si]1. The Bertz CT molecular complexity index is 328. The molecule has 11 heavy (non-hydrogen) atoms. The quantitative estimate of drug-likeness (QED) is 0.507. The van der Waals surface area contributed by atoms with Crippen LogP contribution in [0.3, 0.4) is 0 Å². The van der Waals surface area contributed by atoms with Gasteiger partial charge in [0, 0.05) is 5.33 Å². The van der Waals surface area contributed by atoms with E-state index in [9.17, 15) is 0 Å². The molecule has 0 bridgehead atoms. The molecule has 0 saturated carbocycles. The van der Waals surface area contributed by atoms with Crippen molar-refractivity contribution in [3.05, 3.63) is 23.8 Å². The van der Waals surface area contributed by atoms with Crippen LogP contribution in [0.15, 0.2) is 23.2 Å². The zero-order valence-electron chi connectivity index (χ0n) is 6.68. The molecular formula is C9H9NSi. The van der Waals surface area contributed by atoms with Gasteiger partial charge in [0.05, 0.1) is 5.69 Å². The topological polar surface area (TPSA) is 12.4 Å². The van der Waals surface area contributed by atoms with Crippen molar-refractivity contribution in [2.24, 2.45) is 4.99 Å². The summed E-state index contributed by atoms with van der Waals surface area (Å²) < 4.78 is 0. The van der Waals surface area contributed by atoms with Gasteiger partial charge in [-0.15, -0.1) is 0 Å². The van der Waals surface area contributed by atoms with Crippen molar-refractivity contribution in [1.29, 1.82) is 0 Å². The van der Waals surface area contributed by atoms with E-state index in [0.29, 0.717) is 0 Å². The molecule has 54 valence electrons. The first kappa shape index (κ1) is 6.79. The first-order chi connectivity index (χ1) is 5.25. The highest BCUT2D eigenvalue weighted by Gasteiger charge is 2.11. The van der Waals surface area contributed by atoms with Crippen LogP contribution in [0.4, 0.5) is 5.69 Å². The third-order valence-corrected chi connectivity index (χ3v) is 2.92. The zero-order valence-corrected chi connectivity index (χ0v) is 7.68. The first-order valence-corrected chi connectivity index (χ1v) is 4.69. The summed E-state index contributed by atoms with van der Waals surface area (Å²) in [6, 6.07) is 6.49. The minimum atomic E-state index is 0.800. The molecule has 1 aromatic carbocycles. The van der Waals surface area contributed by atoms with Gasteiger partial charge in [0.1, 0.15) is 9.52 Å². The van der Waals surface area contributed by atoms with Crippen LogP contribution >= 0.6 is 0 Å². The Morgan fingerprint density at radius 1 is 1.27 bits per heavy atom. The van der Waals surface area contributed by atoms with Crippen LogP contribution < -0.4 is 5.19 Å². The second-order valence-corrected chi connectivity index (χ2v) is 4.36. The molecule has 0 unspecified atom stereocenters. The normalized spacial score (nSPS) is 14.5. The molecule has 1 nitrogen and oxygen atoms in total. The van der Waals surface area contributed by atoms with E-state index in [1.54, 1.807) is 0 Å². The van der Waals surface area contributed by atoms with Gasteiger partial charge in [0.25, 0.3) is 0 Å². The highest BCUT2D eigenvalue weighted by Crippen LogP contribution is 2.15. The maximum Gasteiger partial charge on any atom is 0.144 e. The predicted octanol–water partition coefficient (Wildman–Crippen LogP) is 1.39. The lowest BCUT2D eigenvalue weighted by Crippen LogP contribution is -2.15. The summed E-state index contributed by atoms with van der Waals surface area (Å²) in [6.07, 6.45) is 0. The van der Waals surface area contributed by atoms with Gasteiger partial charge in [-0.2, -0.15) is 0 Å². The summed E-state index contributed by atoms with van der Waals surface area (Å²) in [5.74, 6) is 0. The average molecular weight is 159 g/mol. The molecule has 1 aromatic rings. The Labute approximate surface area is 69.0 Å². The molecule has 0 amide bonds. The highest BCUT2D eigenvalue weighted by atomic mass is 28.2. The van der Waals surface area contributed by atoms with Gasteiger partial charge in [-0.25, -0.2) is 0 Å². The molecule has 2 rings (SSSR count). The van der Waals surface area contributed by atoms with Crippen LogP contribution in [-0.4, -0.2) is 14.9 Å². The Morgan fingerprint density at radius 3 is 2.91 bits per heavy atom. The standard InChI is InChI=1S/C9H9NSi/c1-6-3-4-9-8(5-6)10-7(2)11-9/h3-5H,1-2H3. The van der Waals surface area contributed by atoms with Crippen molar-refractivity contribution in [1.82, 2.24) is 0 Å². The van der Waals surface area contributed by atoms with Crippen LogP contribution in [-0.2, 0) is 0 Å². The van der Waals surface area contributed by atoms with E-state index in [2.05, 4.69) is 37.0 Å². The smallest absolute Gasteiger partial charge is 0.144 e. The summed E-state index contributed by atoms with van der Waals surface area (Å²) in [5.41, 5.74) is 2.48. The lowest BCUT2D eigenvalue weighted by Gasteiger charge is -1.96. The number of nitrogens with zero attached hydrogens (tertiary/aromatic N) is 1. The fraction of sp³-hybridized carbons (Fsp3) is 0.222. The summed E-state index contributed by atoms with van der Waals surface area (Å²) in [5, 5.41) is 2.65. The first-order valence-electron chi connectivity index (χ1n) is 3.69. The van der Waals surface area contributed by atoms with E-state index < -0.39 is 0 Å². The van der Waals surface area contributed by atoms with Crippen molar-refractivity contribution < 1.29 is 0 Å². The van der Waals surface area contributed by atoms with Gasteiger partial charge in [-0.05, 0) is 30.7 Å². The fourth-order valence-electron chi connectivity index (χ4n) is 1.24. The molecular weight excluding hydrogens is 150 g/mol. The summed E-state index contributed by atoms with van der Waals surface area (Å²) >= 11 is 0. The number of hydrogen-bond donors (Lipinski definition) is 0. The number of rotatable bonds is 0. The molecule has 0 aliphatic carbocycles. The molecule has 0 spiro atoms. The van der Waals surface area contributed by atoms with E-state index >= 15 is 0 Å². The highest BCUT2D eigenvalue weighted by molar-refractivity contribution is 6.87. The van der Waals surface area contributed by atoms with Crippen molar-refractivity contribution in [3.8, 4) is 0 Å². The molecule has 2 radical (unpaired) electrons. The number of hydrogen-bond acceptors (Lipinski definition) is 1. The van der Waals surface area contributed by atoms with Crippen LogP contribution in [0.2, 0.25) is 0 Å². The second-order valence-electron chi connectivity index (χ2n) is 2.84. The van der Waals surface area contributed by atoms with E-state index in [1.165, 1.54) is 21.8 Å². The molecule has 0 atom stereocenters. The fourth-order valence-corrected chi connectivity index (χ4v) is 2.23. The number of fused-ring (bicyclic) bond motifs is 1. The lowest BCUT2D eigenvalue weighted by atomic mass is 10.2. The summed E-state index contributed by atoms with van der Waals surface area (Å²) in [4.78, 5) is 4.44. The van der Waals surface area contributed by atoms with Gasteiger partial charge in [-0.3, -0.25) is 4.99 Å². The molecule has 1 aliphatic heterocycles. The zero-order chi connectivity index (χ0) is 7.84. The third-order valence-electron chi connectivity index (χ3n) is 1.76. The Morgan fingerprint density at radius 2 is 2.09 bits per heavy atom. The van der Waals surface area contributed by atoms with E-state index in [-0.39, 0.29) is 0 Å². The molecule has 0 fully saturated rings. The summed E-state index contributed by atoms with van der Waals surface area (Å²) in [7, 11) is 0.800. The average Bonchev–Trinajstić information content (AvgIpc) is 2.27. The predicted molar refractivity (Wildman–Crippen MR) is 49.3 cm³/mol. The van der Waals surface area contributed by atoms with Gasteiger partial charge in [-0.1, -0.05) is 12.1 Å². The van der Waals surface area contributed by atoms with Gasteiger partial charge >= 0.3 is 0 Å². The minimum Gasteiger partial charge on any atom is -0.263 e. The third kappa shape index (κ3) is 1.14. The van der Waals surface area contributed by atoms with Crippen molar-refractivity contribution in [2.75, 3.05) is 0 Å². The van der Waals surface area contributed by atoms with E-state index in [1.807, 2.05) is 0 Å². The maximum atomic E-state index is 4.44. The Balaban J connectivity index is 2.54. The molecule has 0 N–H and O–H groups in total. The molecule has 1 heterocycles. The maximum absolute atomic E-state index is 4.44. The van der Waals surface area contributed by atoms with Crippen molar-refractivity contribution in [2.45, 2.75) is 13.8 Å². The molecule has 2 heteroatoms.